The number of carbonyl (C=O) groups excluding carboxylic acids is 2. The van der Waals surface area contributed by atoms with Gasteiger partial charge in [0.2, 0.25) is 0 Å². The highest BCUT2D eigenvalue weighted by Gasteiger charge is 2.49. The van der Waals surface area contributed by atoms with E-state index in [1.807, 2.05) is 24.3 Å². The lowest BCUT2D eigenvalue weighted by molar-refractivity contribution is -0.384. The first-order valence-corrected chi connectivity index (χ1v) is 15.7. The Morgan fingerprint density at radius 3 is 1.96 bits per heavy atom. The molecule has 1 aliphatic heterocycles. The average molecular weight is 625 g/mol. The second-order valence-corrected chi connectivity index (χ2v) is 14.4. The van der Waals surface area contributed by atoms with E-state index in [0.717, 1.165) is 22.5 Å². The lowest BCUT2D eigenvalue weighted by atomic mass is 9.63. The van der Waals surface area contributed by atoms with Gasteiger partial charge in [0.05, 0.1) is 4.92 Å². The molecule has 0 amide bonds. The maximum atomic E-state index is 14.2. The van der Waals surface area contributed by atoms with Crippen LogP contribution in [0.25, 0.3) is 0 Å². The van der Waals surface area contributed by atoms with E-state index < -0.39 is 10.8 Å². The third kappa shape index (κ3) is 6.19. The molecule has 7 nitrogen and oxygen atoms in total. The van der Waals surface area contributed by atoms with Crippen molar-refractivity contribution >= 4 is 28.9 Å². The summed E-state index contributed by atoms with van der Waals surface area (Å²) in [4.78, 5) is 41.4. The largest absolute Gasteiger partial charge is 0.489 e. The van der Waals surface area contributed by atoms with E-state index in [0.29, 0.717) is 59.7 Å². The third-order valence-electron chi connectivity index (χ3n) is 9.03. The number of hydrogen-bond acceptors (Lipinski definition) is 6. The van der Waals surface area contributed by atoms with Crippen LogP contribution in [0.2, 0.25) is 5.02 Å². The van der Waals surface area contributed by atoms with Crippen molar-refractivity contribution in [3.8, 4) is 5.75 Å². The fourth-order valence-corrected chi connectivity index (χ4v) is 7.25. The Hall–Kier alpha value is -4.23. The molecular formula is C37H37ClN2O5. The van der Waals surface area contributed by atoms with E-state index in [4.69, 9.17) is 16.3 Å². The lowest BCUT2D eigenvalue weighted by Gasteiger charge is -2.49. The first-order valence-electron chi connectivity index (χ1n) is 15.3. The molecule has 45 heavy (non-hydrogen) atoms. The van der Waals surface area contributed by atoms with Crippen LogP contribution < -0.4 is 4.74 Å². The zero-order valence-corrected chi connectivity index (χ0v) is 26.8. The Balaban J connectivity index is 1.51. The monoisotopic (exact) mass is 624 g/mol. The van der Waals surface area contributed by atoms with Crippen molar-refractivity contribution in [1.82, 2.24) is 4.90 Å². The highest BCUT2D eigenvalue weighted by Crippen LogP contribution is 2.56. The summed E-state index contributed by atoms with van der Waals surface area (Å²) in [6.07, 6.45) is 2.15. The fraction of sp³-hybridized carbons (Fsp3) is 0.351. The minimum absolute atomic E-state index is 0.00426. The summed E-state index contributed by atoms with van der Waals surface area (Å²) in [5.41, 5.74) is 5.30. The van der Waals surface area contributed by atoms with Gasteiger partial charge in [-0.15, -0.1) is 0 Å². The van der Waals surface area contributed by atoms with Gasteiger partial charge < -0.3 is 9.64 Å². The topological polar surface area (TPSA) is 89.8 Å². The molecule has 3 aromatic rings. The number of rotatable bonds is 7. The number of non-ortho nitro benzene ring substituents is 1. The van der Waals surface area contributed by atoms with Crippen LogP contribution in [0.1, 0.15) is 76.0 Å². The number of allylic oxidation sites excluding steroid dienone is 4. The molecular weight excluding hydrogens is 588 g/mol. The summed E-state index contributed by atoms with van der Waals surface area (Å²) in [7, 11) is 0. The van der Waals surface area contributed by atoms with Crippen LogP contribution >= 0.6 is 11.6 Å². The predicted octanol–water partition coefficient (Wildman–Crippen LogP) is 8.71. The van der Waals surface area contributed by atoms with Crippen molar-refractivity contribution in [3.63, 3.8) is 0 Å². The van der Waals surface area contributed by atoms with Crippen LogP contribution in [0, 0.1) is 20.9 Å². The van der Waals surface area contributed by atoms with Gasteiger partial charge in [-0.25, -0.2) is 0 Å². The number of hydrogen-bond donors (Lipinski definition) is 0. The number of nitrogens with zero attached hydrogens (tertiary/aromatic N) is 2. The van der Waals surface area contributed by atoms with Gasteiger partial charge in [-0.05, 0) is 65.1 Å². The lowest BCUT2D eigenvalue weighted by Crippen LogP contribution is -2.44. The molecule has 1 heterocycles. The van der Waals surface area contributed by atoms with E-state index in [2.05, 4.69) is 44.7 Å². The van der Waals surface area contributed by atoms with Gasteiger partial charge in [-0.2, -0.15) is 0 Å². The number of carbonyl (C=O) groups is 2. The quantitative estimate of drug-likeness (QED) is 0.193. The SMILES string of the molecule is CC1(C)CC(=O)C2=C(C1)N(Cc1ccccc1)C1=C(C(=O)CC(C)(C)C1)C2c1cc(Cl)ccc1OCc1ccc([N+](=O)[O-])cc1. The van der Waals surface area contributed by atoms with Crippen LogP contribution in [0.15, 0.2) is 95.3 Å². The zero-order chi connectivity index (χ0) is 32.1. The molecule has 2 aliphatic carbocycles. The van der Waals surface area contributed by atoms with Gasteiger partial charge in [0.25, 0.3) is 5.69 Å². The highest BCUT2D eigenvalue weighted by atomic mass is 35.5. The van der Waals surface area contributed by atoms with Crippen molar-refractivity contribution in [2.45, 2.75) is 72.4 Å². The van der Waals surface area contributed by atoms with E-state index in [9.17, 15) is 19.7 Å². The molecule has 0 saturated heterocycles. The minimum Gasteiger partial charge on any atom is -0.489 e. The number of ketones is 2. The molecule has 232 valence electrons. The van der Waals surface area contributed by atoms with Gasteiger partial charge >= 0.3 is 0 Å². The summed E-state index contributed by atoms with van der Waals surface area (Å²) in [5, 5.41) is 11.6. The molecule has 0 bridgehead atoms. The van der Waals surface area contributed by atoms with Crippen LogP contribution in [0.3, 0.4) is 0 Å². The molecule has 0 saturated carbocycles. The second kappa shape index (κ2) is 11.6. The van der Waals surface area contributed by atoms with Crippen molar-refractivity contribution in [3.05, 3.63) is 127 Å². The molecule has 0 aromatic heterocycles. The normalized spacial score (nSPS) is 19.4. The van der Waals surface area contributed by atoms with E-state index >= 15 is 0 Å². The minimum atomic E-state index is -0.611. The van der Waals surface area contributed by atoms with E-state index in [1.54, 1.807) is 24.3 Å². The molecule has 0 atom stereocenters. The Morgan fingerprint density at radius 2 is 1.40 bits per heavy atom. The summed E-state index contributed by atoms with van der Waals surface area (Å²) in [6, 6.07) is 21.7. The van der Waals surface area contributed by atoms with Crippen molar-refractivity contribution in [2.24, 2.45) is 10.8 Å². The van der Waals surface area contributed by atoms with Crippen LogP contribution in [-0.2, 0) is 22.7 Å². The van der Waals surface area contributed by atoms with Crippen LogP contribution in [0.4, 0.5) is 5.69 Å². The molecule has 3 aromatic carbocycles. The molecule has 3 aliphatic rings. The first-order chi connectivity index (χ1) is 21.3. The standard InChI is InChI=1S/C37H37ClN2O5/c1-36(2)17-28-34(30(41)19-36)33(27-16-25(38)12-15-32(27)45-22-24-10-13-26(14-11-24)40(43)44)35-29(18-37(3,4)20-31(35)42)39(28)21-23-8-6-5-7-9-23/h5-16,33H,17-22H2,1-4H3. The Labute approximate surface area is 268 Å². The van der Waals surface area contributed by atoms with Gasteiger partial charge in [-0.3, -0.25) is 19.7 Å². The molecule has 0 spiro atoms. The van der Waals surface area contributed by atoms with Crippen molar-refractivity contribution in [2.75, 3.05) is 0 Å². The van der Waals surface area contributed by atoms with Gasteiger partial charge in [0.15, 0.2) is 11.6 Å². The number of nitro groups is 1. The van der Waals surface area contributed by atoms with Crippen molar-refractivity contribution < 1.29 is 19.2 Å². The van der Waals surface area contributed by atoms with Gasteiger partial charge in [0.1, 0.15) is 12.4 Å². The maximum Gasteiger partial charge on any atom is 0.269 e. The number of benzene rings is 3. The summed E-state index contributed by atoms with van der Waals surface area (Å²) in [6.45, 7) is 9.23. The molecule has 0 fully saturated rings. The van der Waals surface area contributed by atoms with E-state index in [1.165, 1.54) is 12.1 Å². The number of halogens is 1. The van der Waals surface area contributed by atoms with Crippen molar-refractivity contribution in [1.29, 1.82) is 0 Å². The zero-order valence-electron chi connectivity index (χ0n) is 26.1. The number of ether oxygens (including phenoxy) is 1. The summed E-state index contributed by atoms with van der Waals surface area (Å²) < 4.78 is 6.36. The molecule has 0 radical (unpaired) electrons. The third-order valence-corrected chi connectivity index (χ3v) is 9.26. The smallest absolute Gasteiger partial charge is 0.269 e. The number of Topliss-reactive ketones (excluding diaryl/α,β-unsaturated/α-hetero) is 2. The average Bonchev–Trinajstić information content (AvgIpc) is 2.96. The Bertz CT molecular complexity index is 1700. The highest BCUT2D eigenvalue weighted by molar-refractivity contribution is 6.30. The molecule has 0 unspecified atom stereocenters. The predicted molar refractivity (Wildman–Crippen MR) is 174 cm³/mol. The Morgan fingerprint density at radius 1 is 0.822 bits per heavy atom. The number of nitro benzene ring substituents is 1. The van der Waals surface area contributed by atoms with E-state index in [-0.39, 0.29) is 34.7 Å². The summed E-state index contributed by atoms with van der Waals surface area (Å²) >= 11 is 6.62. The Kier molecular flexibility index (Phi) is 7.94. The van der Waals surface area contributed by atoms with Gasteiger partial charge in [0, 0.05) is 70.6 Å². The van der Waals surface area contributed by atoms with Crippen LogP contribution in [0.5, 0.6) is 5.75 Å². The molecule has 6 rings (SSSR count). The van der Waals surface area contributed by atoms with Gasteiger partial charge in [-0.1, -0.05) is 69.6 Å². The molecule has 0 N–H and O–H groups in total. The summed E-state index contributed by atoms with van der Waals surface area (Å²) in [5.74, 6) is -0.0161. The first kappa shape index (κ1) is 30.8. The maximum absolute atomic E-state index is 14.2. The molecule has 8 heteroatoms. The second-order valence-electron chi connectivity index (χ2n) is 14.0. The fourth-order valence-electron chi connectivity index (χ4n) is 7.07. The van der Waals surface area contributed by atoms with Crippen LogP contribution in [-0.4, -0.2) is 21.4 Å².